The Morgan fingerprint density at radius 2 is 1.51 bits per heavy atom. The standard InChI is InChI=1S/C31H33ClN2O5/c1-5-34(6-2)22-13-9-20(10-14-22)28-26(39-23-15-11-21(32)12-16-23)18-17-24-29(28)30(31(36)38-8-4)25(33-24)19-27(35)37-7-3/h9-18,33H,5-8,19H2,1-4H3. The highest BCUT2D eigenvalue weighted by atomic mass is 35.5. The summed E-state index contributed by atoms with van der Waals surface area (Å²) in [4.78, 5) is 31.3. The van der Waals surface area contributed by atoms with Crippen LogP contribution in [0.4, 0.5) is 5.69 Å². The molecule has 204 valence electrons. The first kappa shape index (κ1) is 28.0. The third-order valence-electron chi connectivity index (χ3n) is 6.44. The second kappa shape index (κ2) is 12.7. The van der Waals surface area contributed by atoms with E-state index in [4.69, 9.17) is 25.8 Å². The molecule has 0 bridgehead atoms. The van der Waals surface area contributed by atoms with Crippen LogP contribution in [-0.2, 0) is 20.7 Å². The number of halogens is 1. The molecule has 0 fully saturated rings. The van der Waals surface area contributed by atoms with Gasteiger partial charge < -0.3 is 24.1 Å². The van der Waals surface area contributed by atoms with Crippen molar-refractivity contribution in [1.29, 1.82) is 0 Å². The Kier molecular flexibility index (Phi) is 9.15. The molecule has 4 aromatic rings. The third-order valence-corrected chi connectivity index (χ3v) is 6.69. The van der Waals surface area contributed by atoms with Crippen LogP contribution in [0.5, 0.6) is 11.5 Å². The van der Waals surface area contributed by atoms with Gasteiger partial charge >= 0.3 is 11.9 Å². The third kappa shape index (κ3) is 6.20. The average molecular weight is 549 g/mol. The number of carbonyl (C=O) groups excluding carboxylic acids is 2. The minimum Gasteiger partial charge on any atom is -0.466 e. The summed E-state index contributed by atoms with van der Waals surface area (Å²) in [5, 5.41) is 1.22. The zero-order chi connectivity index (χ0) is 27.9. The van der Waals surface area contributed by atoms with E-state index in [1.165, 1.54) is 0 Å². The van der Waals surface area contributed by atoms with Gasteiger partial charge in [0.2, 0.25) is 0 Å². The lowest BCUT2D eigenvalue weighted by Crippen LogP contribution is -2.21. The monoisotopic (exact) mass is 548 g/mol. The molecule has 0 saturated heterocycles. The van der Waals surface area contributed by atoms with Crippen LogP contribution in [0.25, 0.3) is 22.0 Å². The summed E-state index contributed by atoms with van der Waals surface area (Å²) in [6.45, 7) is 9.95. The van der Waals surface area contributed by atoms with Crippen LogP contribution in [0.15, 0.2) is 60.7 Å². The average Bonchev–Trinajstić information content (AvgIpc) is 3.29. The fourth-order valence-electron chi connectivity index (χ4n) is 4.67. The summed E-state index contributed by atoms with van der Waals surface area (Å²) < 4.78 is 17.0. The Morgan fingerprint density at radius 1 is 0.846 bits per heavy atom. The molecule has 39 heavy (non-hydrogen) atoms. The van der Waals surface area contributed by atoms with E-state index in [1.54, 1.807) is 38.1 Å². The van der Waals surface area contributed by atoms with Crippen molar-refractivity contribution in [2.24, 2.45) is 0 Å². The number of nitrogens with one attached hydrogen (secondary N) is 1. The zero-order valence-electron chi connectivity index (χ0n) is 22.7. The van der Waals surface area contributed by atoms with Crippen molar-refractivity contribution < 1.29 is 23.8 Å². The maximum absolute atomic E-state index is 13.3. The first-order valence-electron chi connectivity index (χ1n) is 13.2. The van der Waals surface area contributed by atoms with Gasteiger partial charge in [0, 0.05) is 46.0 Å². The van der Waals surface area contributed by atoms with Gasteiger partial charge in [-0.1, -0.05) is 23.7 Å². The Labute approximate surface area is 233 Å². The van der Waals surface area contributed by atoms with Crippen LogP contribution in [0, 0.1) is 0 Å². The van der Waals surface area contributed by atoms with E-state index < -0.39 is 11.9 Å². The molecule has 0 radical (unpaired) electrons. The highest BCUT2D eigenvalue weighted by Crippen LogP contribution is 2.42. The number of aromatic amines is 1. The van der Waals surface area contributed by atoms with Crippen molar-refractivity contribution in [2.45, 2.75) is 34.1 Å². The smallest absolute Gasteiger partial charge is 0.340 e. The van der Waals surface area contributed by atoms with Crippen molar-refractivity contribution in [3.8, 4) is 22.6 Å². The number of rotatable bonds is 11. The number of hydrogen-bond donors (Lipinski definition) is 1. The number of H-pyrrole nitrogens is 1. The van der Waals surface area contributed by atoms with Crippen LogP contribution in [0.2, 0.25) is 5.02 Å². The van der Waals surface area contributed by atoms with Gasteiger partial charge in [0.15, 0.2) is 0 Å². The van der Waals surface area contributed by atoms with Crippen LogP contribution < -0.4 is 9.64 Å². The highest BCUT2D eigenvalue weighted by molar-refractivity contribution is 6.30. The van der Waals surface area contributed by atoms with Crippen LogP contribution >= 0.6 is 11.6 Å². The minimum atomic E-state index is -0.521. The summed E-state index contributed by atoms with van der Waals surface area (Å²) in [5.74, 6) is 0.192. The van der Waals surface area contributed by atoms with Crippen LogP contribution in [-0.4, -0.2) is 43.2 Å². The van der Waals surface area contributed by atoms with Gasteiger partial charge in [-0.05, 0) is 81.8 Å². The maximum atomic E-state index is 13.3. The molecule has 0 atom stereocenters. The summed E-state index contributed by atoms with van der Waals surface area (Å²) in [5.41, 5.74) is 4.08. The van der Waals surface area contributed by atoms with E-state index in [0.717, 1.165) is 24.3 Å². The molecule has 1 N–H and O–H groups in total. The maximum Gasteiger partial charge on any atom is 0.340 e. The van der Waals surface area contributed by atoms with E-state index >= 15 is 0 Å². The van der Waals surface area contributed by atoms with Gasteiger partial charge in [-0.15, -0.1) is 0 Å². The molecule has 0 saturated carbocycles. The quantitative estimate of drug-likeness (QED) is 0.197. The molecule has 3 aromatic carbocycles. The molecule has 0 spiro atoms. The van der Waals surface area contributed by atoms with E-state index in [0.29, 0.717) is 44.2 Å². The largest absolute Gasteiger partial charge is 0.466 e. The predicted molar refractivity (Wildman–Crippen MR) is 155 cm³/mol. The molecule has 0 unspecified atom stereocenters. The number of hydrogen-bond acceptors (Lipinski definition) is 6. The van der Waals surface area contributed by atoms with Gasteiger partial charge in [0.25, 0.3) is 0 Å². The topological polar surface area (TPSA) is 80.9 Å². The summed E-state index contributed by atoms with van der Waals surface area (Å²) in [6.07, 6.45) is -0.0929. The minimum absolute atomic E-state index is 0.0929. The molecule has 4 rings (SSSR count). The predicted octanol–water partition coefficient (Wildman–Crippen LogP) is 7.41. The number of nitrogens with zero attached hydrogens (tertiary/aromatic N) is 1. The number of fused-ring (bicyclic) bond motifs is 1. The van der Waals surface area contributed by atoms with Crippen molar-refractivity contribution in [3.63, 3.8) is 0 Å². The van der Waals surface area contributed by atoms with Gasteiger partial charge in [0.1, 0.15) is 11.5 Å². The van der Waals surface area contributed by atoms with E-state index in [2.05, 4.69) is 35.9 Å². The molecule has 7 nitrogen and oxygen atoms in total. The SMILES string of the molecule is CCOC(=O)Cc1[nH]c2ccc(Oc3ccc(Cl)cc3)c(-c3ccc(N(CC)CC)cc3)c2c1C(=O)OCC. The van der Waals surface area contributed by atoms with E-state index in [-0.39, 0.29) is 19.6 Å². The number of ether oxygens (including phenoxy) is 3. The van der Waals surface area contributed by atoms with Gasteiger partial charge in [-0.25, -0.2) is 4.79 Å². The molecular formula is C31H33ClN2O5. The fourth-order valence-corrected chi connectivity index (χ4v) is 4.80. The Bertz CT molecular complexity index is 1440. The number of carbonyl (C=O) groups is 2. The highest BCUT2D eigenvalue weighted by Gasteiger charge is 2.26. The van der Waals surface area contributed by atoms with Gasteiger partial charge in [0.05, 0.1) is 25.2 Å². The number of anilines is 1. The zero-order valence-corrected chi connectivity index (χ0v) is 23.4. The molecule has 8 heteroatoms. The van der Waals surface area contributed by atoms with Crippen LogP contribution in [0.3, 0.4) is 0 Å². The molecule has 0 amide bonds. The van der Waals surface area contributed by atoms with Crippen molar-refractivity contribution in [1.82, 2.24) is 4.98 Å². The number of aromatic nitrogens is 1. The summed E-state index contributed by atoms with van der Waals surface area (Å²) in [7, 11) is 0. The second-order valence-corrected chi connectivity index (χ2v) is 9.25. The lowest BCUT2D eigenvalue weighted by molar-refractivity contribution is -0.142. The van der Waals surface area contributed by atoms with Crippen LogP contribution in [0.1, 0.15) is 43.7 Å². The number of benzene rings is 3. The molecule has 0 aliphatic carbocycles. The van der Waals surface area contributed by atoms with E-state index in [1.807, 2.05) is 24.3 Å². The fraction of sp³-hybridized carbons (Fsp3) is 0.290. The lowest BCUT2D eigenvalue weighted by atomic mass is 9.96. The Morgan fingerprint density at radius 3 is 2.13 bits per heavy atom. The van der Waals surface area contributed by atoms with Gasteiger partial charge in [-0.2, -0.15) is 0 Å². The molecule has 0 aliphatic rings. The van der Waals surface area contributed by atoms with Crippen molar-refractivity contribution in [2.75, 3.05) is 31.2 Å². The summed E-state index contributed by atoms with van der Waals surface area (Å²) in [6, 6.07) is 18.9. The molecular weight excluding hydrogens is 516 g/mol. The van der Waals surface area contributed by atoms with E-state index in [9.17, 15) is 9.59 Å². The first-order chi connectivity index (χ1) is 18.9. The Hall–Kier alpha value is -3.97. The Balaban J connectivity index is 1.96. The molecule has 0 aliphatic heterocycles. The number of esters is 2. The van der Waals surface area contributed by atoms with Crippen molar-refractivity contribution >= 4 is 40.1 Å². The second-order valence-electron chi connectivity index (χ2n) is 8.82. The molecule has 1 heterocycles. The lowest BCUT2D eigenvalue weighted by Gasteiger charge is -2.21. The van der Waals surface area contributed by atoms with Gasteiger partial charge in [-0.3, -0.25) is 4.79 Å². The van der Waals surface area contributed by atoms with Crippen molar-refractivity contribution in [3.05, 3.63) is 76.9 Å². The molecule has 1 aromatic heterocycles. The summed E-state index contributed by atoms with van der Waals surface area (Å²) >= 11 is 6.08. The first-order valence-corrected chi connectivity index (χ1v) is 13.6. The normalized spacial score (nSPS) is 10.9.